The topological polar surface area (TPSA) is 59.0 Å². The molecule has 5 heteroatoms. The van der Waals surface area contributed by atoms with E-state index in [4.69, 9.17) is 9.47 Å². The molecule has 0 aromatic heterocycles. The number of amides is 1. The van der Waals surface area contributed by atoms with Gasteiger partial charge in [0, 0.05) is 25.6 Å². The predicted molar refractivity (Wildman–Crippen MR) is 65.6 cm³/mol. The minimum absolute atomic E-state index is 0.0372. The molecule has 1 amide bonds. The smallest absolute Gasteiger partial charge is 0.263 e. The number of carbonyl (C=O) groups excluding carboxylic acids is 1. The fourth-order valence-electron chi connectivity index (χ4n) is 2.02. The zero-order chi connectivity index (χ0) is 13.1. The maximum atomic E-state index is 11.8. The summed E-state index contributed by atoms with van der Waals surface area (Å²) >= 11 is 0. The number of carbonyl (C=O) groups is 1. The summed E-state index contributed by atoms with van der Waals surface area (Å²) < 4.78 is 10.9. The molecular weight excluding hydrogens is 234 g/mol. The first-order valence-corrected chi connectivity index (χ1v) is 5.85. The number of hydrogen-bond acceptors (Lipinski definition) is 4. The molecule has 1 N–H and O–H groups in total. The summed E-state index contributed by atoms with van der Waals surface area (Å²) in [4.78, 5) is 13.4. The fourth-order valence-corrected chi connectivity index (χ4v) is 2.02. The lowest BCUT2D eigenvalue weighted by Crippen LogP contribution is -2.29. The zero-order valence-corrected chi connectivity index (χ0v) is 10.5. The van der Waals surface area contributed by atoms with Gasteiger partial charge in [0.2, 0.25) is 0 Å². The number of rotatable bonds is 4. The van der Waals surface area contributed by atoms with Gasteiger partial charge in [-0.1, -0.05) is 12.1 Å². The third-order valence-electron chi connectivity index (χ3n) is 3.09. The Morgan fingerprint density at radius 2 is 2.28 bits per heavy atom. The van der Waals surface area contributed by atoms with Crippen molar-refractivity contribution in [2.45, 2.75) is 19.1 Å². The van der Waals surface area contributed by atoms with Gasteiger partial charge in [0.1, 0.15) is 0 Å². The second-order valence-electron chi connectivity index (χ2n) is 4.26. The molecule has 1 aromatic carbocycles. The lowest BCUT2D eigenvalue weighted by atomic mass is 10.2. The minimum Gasteiger partial charge on any atom is -0.493 e. The van der Waals surface area contributed by atoms with Crippen LogP contribution in [-0.4, -0.2) is 42.7 Å². The molecule has 1 atom stereocenters. The Morgan fingerprint density at radius 3 is 2.83 bits per heavy atom. The van der Waals surface area contributed by atoms with Crippen molar-refractivity contribution in [1.29, 1.82) is 0 Å². The number of aliphatic hydroxyl groups is 1. The van der Waals surface area contributed by atoms with Crippen LogP contribution in [0.25, 0.3) is 0 Å². The highest BCUT2D eigenvalue weighted by molar-refractivity contribution is 5.83. The van der Waals surface area contributed by atoms with Crippen LogP contribution in [0, 0.1) is 0 Å². The largest absolute Gasteiger partial charge is 0.493 e. The van der Waals surface area contributed by atoms with Crippen molar-refractivity contribution < 1.29 is 19.4 Å². The van der Waals surface area contributed by atoms with Crippen molar-refractivity contribution in [3.05, 3.63) is 23.8 Å². The predicted octanol–water partition coefficient (Wildman–Crippen LogP) is 0.797. The molecule has 98 valence electrons. The van der Waals surface area contributed by atoms with Crippen molar-refractivity contribution in [1.82, 2.24) is 4.90 Å². The Morgan fingerprint density at radius 1 is 1.50 bits per heavy atom. The molecule has 0 aliphatic carbocycles. The fraction of sp³-hybridized carbons (Fsp3) is 0.462. The Kier molecular flexibility index (Phi) is 3.72. The maximum absolute atomic E-state index is 11.8. The summed E-state index contributed by atoms with van der Waals surface area (Å²) in [6.45, 7) is 0.538. The van der Waals surface area contributed by atoms with Crippen molar-refractivity contribution in [2.75, 3.05) is 20.7 Å². The van der Waals surface area contributed by atoms with Gasteiger partial charge in [0.25, 0.3) is 5.91 Å². The second kappa shape index (κ2) is 5.27. The molecule has 1 fully saturated rings. The number of aliphatic hydroxyl groups excluding tert-OH is 1. The quantitative estimate of drug-likeness (QED) is 0.859. The van der Waals surface area contributed by atoms with E-state index in [1.54, 1.807) is 30.1 Å². The Balaban J connectivity index is 2.25. The first-order valence-electron chi connectivity index (χ1n) is 5.85. The van der Waals surface area contributed by atoms with Crippen LogP contribution >= 0.6 is 0 Å². The van der Waals surface area contributed by atoms with Crippen LogP contribution in [0.2, 0.25) is 0 Å². The van der Waals surface area contributed by atoms with Gasteiger partial charge in [-0.2, -0.15) is 0 Å². The van der Waals surface area contributed by atoms with Gasteiger partial charge in [0.15, 0.2) is 17.6 Å². The lowest BCUT2D eigenvalue weighted by molar-refractivity contribution is -0.132. The molecule has 18 heavy (non-hydrogen) atoms. The molecule has 1 heterocycles. The molecule has 1 saturated heterocycles. The first-order chi connectivity index (χ1) is 8.67. The summed E-state index contributed by atoms with van der Waals surface area (Å²) in [6.07, 6.45) is 0.162. The van der Waals surface area contributed by atoms with E-state index in [0.29, 0.717) is 30.0 Å². The first kappa shape index (κ1) is 12.7. The number of para-hydroxylation sites is 1. The van der Waals surface area contributed by atoms with E-state index >= 15 is 0 Å². The third-order valence-corrected chi connectivity index (χ3v) is 3.09. The average Bonchev–Trinajstić information content (AvgIpc) is 2.71. The molecule has 2 rings (SSSR count). The highest BCUT2D eigenvalue weighted by Crippen LogP contribution is 2.33. The Hall–Kier alpha value is -1.75. The monoisotopic (exact) mass is 251 g/mol. The van der Waals surface area contributed by atoms with Crippen LogP contribution in [0.5, 0.6) is 11.5 Å². The van der Waals surface area contributed by atoms with E-state index in [0.717, 1.165) is 0 Å². The van der Waals surface area contributed by atoms with Gasteiger partial charge in [-0.05, 0) is 6.07 Å². The Labute approximate surface area is 106 Å². The number of methoxy groups -OCH3 is 1. The molecular formula is C13H17NO4. The van der Waals surface area contributed by atoms with E-state index in [1.165, 1.54) is 7.11 Å². The van der Waals surface area contributed by atoms with E-state index < -0.39 is 6.10 Å². The van der Waals surface area contributed by atoms with Crippen LogP contribution in [-0.2, 0) is 11.4 Å². The zero-order valence-electron chi connectivity index (χ0n) is 10.5. The van der Waals surface area contributed by atoms with Crippen LogP contribution < -0.4 is 9.47 Å². The average molecular weight is 251 g/mol. The van der Waals surface area contributed by atoms with Crippen LogP contribution in [0.4, 0.5) is 0 Å². The van der Waals surface area contributed by atoms with Gasteiger partial charge in [0.05, 0.1) is 13.7 Å². The summed E-state index contributed by atoms with van der Waals surface area (Å²) in [5.74, 6) is 0.949. The third kappa shape index (κ3) is 2.26. The second-order valence-corrected chi connectivity index (χ2v) is 4.26. The van der Waals surface area contributed by atoms with E-state index in [2.05, 4.69) is 0 Å². The molecule has 5 nitrogen and oxygen atoms in total. The maximum Gasteiger partial charge on any atom is 0.263 e. The Bertz CT molecular complexity index is 424. The standard InChI is InChI=1S/C13H17NO4/c1-14-7-6-11(13(14)16)18-12-9(8-15)4-3-5-10(12)17-2/h3-5,11,15H,6-8H2,1-2H3. The molecule has 1 unspecified atom stereocenters. The van der Waals surface area contributed by atoms with Crippen molar-refractivity contribution in [2.24, 2.45) is 0 Å². The SMILES string of the molecule is COc1cccc(CO)c1OC1CCN(C)C1=O. The summed E-state index contributed by atoms with van der Waals surface area (Å²) in [7, 11) is 3.28. The van der Waals surface area contributed by atoms with Gasteiger partial charge in [-0.15, -0.1) is 0 Å². The van der Waals surface area contributed by atoms with E-state index in [9.17, 15) is 9.90 Å². The van der Waals surface area contributed by atoms with Gasteiger partial charge in [-0.25, -0.2) is 0 Å². The number of hydrogen-bond donors (Lipinski definition) is 1. The number of likely N-dealkylation sites (tertiary alicyclic amines) is 1. The number of nitrogens with zero attached hydrogens (tertiary/aromatic N) is 1. The highest BCUT2D eigenvalue weighted by atomic mass is 16.5. The molecule has 0 saturated carbocycles. The molecule has 1 aliphatic heterocycles. The molecule has 0 spiro atoms. The molecule has 1 aromatic rings. The molecule has 1 aliphatic rings. The van der Waals surface area contributed by atoms with Gasteiger partial charge < -0.3 is 19.5 Å². The van der Waals surface area contributed by atoms with Crippen LogP contribution in [0.15, 0.2) is 18.2 Å². The normalized spacial score (nSPS) is 19.2. The highest BCUT2D eigenvalue weighted by Gasteiger charge is 2.32. The van der Waals surface area contributed by atoms with Crippen LogP contribution in [0.3, 0.4) is 0 Å². The van der Waals surface area contributed by atoms with Crippen LogP contribution in [0.1, 0.15) is 12.0 Å². The van der Waals surface area contributed by atoms with E-state index in [1.807, 2.05) is 0 Å². The number of benzene rings is 1. The molecule has 0 radical (unpaired) electrons. The minimum atomic E-state index is -0.489. The van der Waals surface area contributed by atoms with Crippen molar-refractivity contribution >= 4 is 5.91 Å². The molecule has 0 bridgehead atoms. The number of ether oxygens (including phenoxy) is 2. The van der Waals surface area contributed by atoms with E-state index in [-0.39, 0.29) is 12.5 Å². The number of likely N-dealkylation sites (N-methyl/N-ethyl adjacent to an activating group) is 1. The van der Waals surface area contributed by atoms with Crippen molar-refractivity contribution in [3.8, 4) is 11.5 Å². The lowest BCUT2D eigenvalue weighted by Gasteiger charge is -2.17. The van der Waals surface area contributed by atoms with Gasteiger partial charge in [-0.3, -0.25) is 4.79 Å². The van der Waals surface area contributed by atoms with Crippen molar-refractivity contribution in [3.63, 3.8) is 0 Å². The summed E-state index contributed by atoms with van der Waals surface area (Å²) in [5, 5.41) is 9.30. The summed E-state index contributed by atoms with van der Waals surface area (Å²) in [6, 6.07) is 5.28. The summed E-state index contributed by atoms with van der Waals surface area (Å²) in [5.41, 5.74) is 0.622. The van der Waals surface area contributed by atoms with Gasteiger partial charge >= 0.3 is 0 Å².